The van der Waals surface area contributed by atoms with Crippen LogP contribution >= 0.6 is 11.6 Å². The third-order valence-electron chi connectivity index (χ3n) is 2.56. The zero-order valence-electron chi connectivity index (χ0n) is 9.57. The van der Waals surface area contributed by atoms with Gasteiger partial charge in [-0.15, -0.1) is 0 Å². The Bertz CT molecular complexity index is 425. The number of anilines is 1. The molecule has 3 N–H and O–H groups in total. The van der Waals surface area contributed by atoms with E-state index in [0.717, 1.165) is 0 Å². The lowest BCUT2D eigenvalue weighted by Gasteiger charge is -2.25. The molecule has 0 saturated heterocycles. The summed E-state index contributed by atoms with van der Waals surface area (Å²) < 4.78 is 0. The second-order valence-electron chi connectivity index (χ2n) is 4.29. The maximum absolute atomic E-state index is 9.15. The molecule has 0 aliphatic heterocycles. The molecule has 4 nitrogen and oxygen atoms in total. The Labute approximate surface area is 105 Å². The van der Waals surface area contributed by atoms with Gasteiger partial charge in [0.1, 0.15) is 0 Å². The Hall–Kier alpha value is -1.28. The van der Waals surface area contributed by atoms with Crippen molar-refractivity contribution in [3.63, 3.8) is 0 Å². The van der Waals surface area contributed by atoms with Gasteiger partial charge in [-0.1, -0.05) is 18.5 Å². The van der Waals surface area contributed by atoms with E-state index in [1.807, 2.05) is 6.07 Å². The summed E-state index contributed by atoms with van der Waals surface area (Å²) in [6.45, 7) is 1.86. The molecule has 0 atom stereocenters. The lowest BCUT2D eigenvalue weighted by atomic mass is 9.93. The molecule has 92 valence electrons. The number of nitriles is 1. The number of halogens is 1. The predicted molar refractivity (Wildman–Crippen MR) is 66.9 cm³/mol. The van der Waals surface area contributed by atoms with Crippen LogP contribution in [0, 0.1) is 16.7 Å². The van der Waals surface area contributed by atoms with E-state index in [4.69, 9.17) is 27.1 Å². The number of hydrogen-bond donors (Lipinski definition) is 3. The summed E-state index contributed by atoms with van der Waals surface area (Å²) in [6, 6.07) is 6.93. The Morgan fingerprint density at radius 2 is 2.06 bits per heavy atom. The maximum atomic E-state index is 9.15. The number of aliphatic hydroxyl groups excluding tert-OH is 2. The standard InChI is InChI=1S/C12H15ClN2O2/c1-12(7-16,8-17)6-15-11-4-9(5-14)2-3-10(11)13/h2-4,15-17H,6-8H2,1H3. The van der Waals surface area contributed by atoms with Gasteiger partial charge in [-0.25, -0.2) is 0 Å². The van der Waals surface area contributed by atoms with Gasteiger partial charge in [0.25, 0.3) is 0 Å². The summed E-state index contributed by atoms with van der Waals surface area (Å²) in [6.07, 6.45) is 0. The Morgan fingerprint density at radius 3 is 2.59 bits per heavy atom. The van der Waals surface area contributed by atoms with E-state index in [1.54, 1.807) is 25.1 Å². The highest BCUT2D eigenvalue weighted by Gasteiger charge is 2.22. The van der Waals surface area contributed by atoms with Gasteiger partial charge in [0, 0.05) is 12.0 Å². The van der Waals surface area contributed by atoms with Gasteiger partial charge in [0.15, 0.2) is 0 Å². The maximum Gasteiger partial charge on any atom is 0.0992 e. The Balaban J connectivity index is 2.79. The van der Waals surface area contributed by atoms with Crippen LogP contribution in [0.1, 0.15) is 12.5 Å². The van der Waals surface area contributed by atoms with E-state index in [-0.39, 0.29) is 13.2 Å². The first-order valence-electron chi connectivity index (χ1n) is 5.20. The second-order valence-corrected chi connectivity index (χ2v) is 4.69. The highest BCUT2D eigenvalue weighted by Crippen LogP contribution is 2.24. The zero-order valence-corrected chi connectivity index (χ0v) is 10.3. The number of benzene rings is 1. The van der Waals surface area contributed by atoms with E-state index >= 15 is 0 Å². The third kappa shape index (κ3) is 3.60. The van der Waals surface area contributed by atoms with Crippen molar-refractivity contribution in [1.29, 1.82) is 5.26 Å². The highest BCUT2D eigenvalue weighted by atomic mass is 35.5. The molecule has 0 radical (unpaired) electrons. The van der Waals surface area contributed by atoms with Crippen molar-refractivity contribution in [1.82, 2.24) is 0 Å². The lowest BCUT2D eigenvalue weighted by Crippen LogP contribution is -2.34. The quantitative estimate of drug-likeness (QED) is 0.746. The van der Waals surface area contributed by atoms with Crippen molar-refractivity contribution in [2.45, 2.75) is 6.92 Å². The zero-order chi connectivity index (χ0) is 12.9. The predicted octanol–water partition coefficient (Wildman–Crippen LogP) is 1.61. The number of aliphatic hydroxyl groups is 2. The summed E-state index contributed by atoms with van der Waals surface area (Å²) in [4.78, 5) is 0. The van der Waals surface area contributed by atoms with Gasteiger partial charge in [0.2, 0.25) is 0 Å². The monoisotopic (exact) mass is 254 g/mol. The summed E-state index contributed by atoms with van der Waals surface area (Å²) in [7, 11) is 0. The summed E-state index contributed by atoms with van der Waals surface area (Å²) in [5, 5.41) is 30.6. The Kier molecular flexibility index (Phi) is 4.76. The lowest BCUT2D eigenvalue weighted by molar-refractivity contribution is 0.0806. The molecule has 5 heteroatoms. The van der Waals surface area contributed by atoms with Crippen LogP contribution in [0.3, 0.4) is 0 Å². The molecule has 0 amide bonds. The summed E-state index contributed by atoms with van der Waals surface area (Å²) in [5.41, 5.74) is 0.511. The van der Waals surface area contributed by atoms with Crippen LogP contribution < -0.4 is 5.32 Å². The molecule has 0 aromatic heterocycles. The average Bonchev–Trinajstić information content (AvgIpc) is 2.37. The Morgan fingerprint density at radius 1 is 1.41 bits per heavy atom. The van der Waals surface area contributed by atoms with Crippen molar-refractivity contribution >= 4 is 17.3 Å². The van der Waals surface area contributed by atoms with Gasteiger partial charge in [0.05, 0.1) is 35.6 Å². The van der Waals surface area contributed by atoms with E-state index in [2.05, 4.69) is 5.32 Å². The smallest absolute Gasteiger partial charge is 0.0992 e. The van der Waals surface area contributed by atoms with Crippen molar-refractivity contribution in [2.75, 3.05) is 25.1 Å². The van der Waals surface area contributed by atoms with Gasteiger partial charge in [-0.05, 0) is 18.2 Å². The molecule has 0 fully saturated rings. The molecule has 17 heavy (non-hydrogen) atoms. The fourth-order valence-electron chi connectivity index (χ4n) is 1.20. The van der Waals surface area contributed by atoms with Gasteiger partial charge in [-0.2, -0.15) is 5.26 Å². The van der Waals surface area contributed by atoms with E-state index < -0.39 is 5.41 Å². The minimum absolute atomic E-state index is 0.133. The van der Waals surface area contributed by atoms with Crippen LogP contribution in [-0.4, -0.2) is 30.0 Å². The fourth-order valence-corrected chi connectivity index (χ4v) is 1.39. The number of nitrogens with zero attached hydrogens (tertiary/aromatic N) is 1. The van der Waals surface area contributed by atoms with Crippen molar-refractivity contribution in [3.05, 3.63) is 28.8 Å². The van der Waals surface area contributed by atoms with E-state index in [1.165, 1.54) is 0 Å². The van der Waals surface area contributed by atoms with Crippen molar-refractivity contribution in [3.8, 4) is 6.07 Å². The molecule has 0 heterocycles. The minimum atomic E-state index is -0.619. The van der Waals surface area contributed by atoms with Crippen LogP contribution in [0.25, 0.3) is 0 Å². The summed E-state index contributed by atoms with van der Waals surface area (Å²) in [5.74, 6) is 0. The molecule has 1 rings (SSSR count). The van der Waals surface area contributed by atoms with Gasteiger partial charge in [-0.3, -0.25) is 0 Å². The second kappa shape index (κ2) is 5.87. The first-order chi connectivity index (χ1) is 8.04. The van der Waals surface area contributed by atoms with E-state index in [9.17, 15) is 0 Å². The molecular formula is C12H15ClN2O2. The average molecular weight is 255 g/mol. The largest absolute Gasteiger partial charge is 0.396 e. The van der Waals surface area contributed by atoms with Crippen LogP contribution in [0.15, 0.2) is 18.2 Å². The summed E-state index contributed by atoms with van der Waals surface area (Å²) >= 11 is 5.97. The minimum Gasteiger partial charge on any atom is -0.396 e. The normalized spacial score (nSPS) is 11.0. The SMILES string of the molecule is CC(CO)(CO)CNc1cc(C#N)ccc1Cl. The van der Waals surface area contributed by atoms with Crippen molar-refractivity contribution < 1.29 is 10.2 Å². The van der Waals surface area contributed by atoms with Crippen LogP contribution in [0.5, 0.6) is 0 Å². The molecule has 1 aromatic rings. The van der Waals surface area contributed by atoms with Crippen LogP contribution in [0.2, 0.25) is 5.02 Å². The number of nitrogens with one attached hydrogen (secondary N) is 1. The first kappa shape index (κ1) is 13.8. The molecular weight excluding hydrogens is 240 g/mol. The van der Waals surface area contributed by atoms with Gasteiger partial charge < -0.3 is 15.5 Å². The molecule has 0 aliphatic rings. The van der Waals surface area contributed by atoms with Crippen molar-refractivity contribution in [2.24, 2.45) is 5.41 Å². The molecule has 0 aliphatic carbocycles. The topological polar surface area (TPSA) is 76.3 Å². The molecule has 0 saturated carbocycles. The molecule has 0 bridgehead atoms. The highest BCUT2D eigenvalue weighted by molar-refractivity contribution is 6.33. The first-order valence-corrected chi connectivity index (χ1v) is 5.58. The molecule has 1 aromatic carbocycles. The number of rotatable bonds is 5. The van der Waals surface area contributed by atoms with E-state index in [0.29, 0.717) is 22.8 Å². The van der Waals surface area contributed by atoms with Gasteiger partial charge >= 0.3 is 0 Å². The fraction of sp³-hybridized carbons (Fsp3) is 0.417. The molecule has 0 spiro atoms. The van der Waals surface area contributed by atoms with Crippen LogP contribution in [-0.2, 0) is 0 Å². The number of hydrogen-bond acceptors (Lipinski definition) is 4. The third-order valence-corrected chi connectivity index (χ3v) is 2.89. The van der Waals surface area contributed by atoms with Crippen LogP contribution in [0.4, 0.5) is 5.69 Å². The molecule has 0 unspecified atom stereocenters.